The first-order chi connectivity index (χ1) is 12.7. The first kappa shape index (κ1) is 18.1. The highest BCUT2D eigenvalue weighted by atomic mass is 16.5. The molecule has 0 unspecified atom stereocenters. The molecule has 2 aromatic rings. The van der Waals surface area contributed by atoms with Crippen molar-refractivity contribution in [2.75, 3.05) is 0 Å². The van der Waals surface area contributed by atoms with Crippen LogP contribution in [0.15, 0.2) is 34.9 Å². The lowest BCUT2D eigenvalue weighted by Crippen LogP contribution is -2.34. The molecule has 2 amide bonds. The third kappa shape index (κ3) is 5.40. The minimum Gasteiger partial charge on any atom is -0.352 e. The van der Waals surface area contributed by atoms with Gasteiger partial charge in [-0.25, -0.2) is 0 Å². The number of rotatable bonds is 6. The molecule has 26 heavy (non-hydrogen) atoms. The summed E-state index contributed by atoms with van der Waals surface area (Å²) in [6.07, 6.45) is 6.63. The average molecular weight is 356 g/mol. The number of hydrogen-bond donors (Lipinski definition) is 2. The third-order valence-corrected chi connectivity index (χ3v) is 4.50. The van der Waals surface area contributed by atoms with E-state index in [-0.39, 0.29) is 36.0 Å². The van der Waals surface area contributed by atoms with Crippen molar-refractivity contribution in [3.8, 4) is 0 Å². The summed E-state index contributed by atoms with van der Waals surface area (Å²) in [5.74, 6) is -0.451. The molecule has 1 fully saturated rings. The minimum atomic E-state index is -0.361. The molecule has 1 heterocycles. The fourth-order valence-corrected chi connectivity index (χ4v) is 3.09. The fraction of sp³-hybridized carbons (Fsp3) is 0.474. The van der Waals surface area contributed by atoms with E-state index in [9.17, 15) is 9.59 Å². The van der Waals surface area contributed by atoms with Crippen LogP contribution in [-0.2, 0) is 17.8 Å². The Kier molecular flexibility index (Phi) is 6.35. The van der Waals surface area contributed by atoms with E-state index in [1.807, 2.05) is 30.3 Å². The van der Waals surface area contributed by atoms with Crippen LogP contribution in [0.3, 0.4) is 0 Å². The molecule has 138 valence electrons. The lowest BCUT2D eigenvalue weighted by atomic mass is 10.1. The standard InChI is InChI=1S/C19H24N4O3/c24-17(20-13-14-8-4-3-5-9-14)12-16-22-19(26-23-16)18(25)21-15-10-6-1-2-7-11-15/h3-5,8-9,15H,1-2,6-7,10-13H2,(H,20,24)(H,21,25). The minimum absolute atomic E-state index is 0.0208. The highest BCUT2D eigenvalue weighted by Crippen LogP contribution is 2.17. The Morgan fingerprint density at radius 1 is 1.08 bits per heavy atom. The molecule has 0 radical (unpaired) electrons. The highest BCUT2D eigenvalue weighted by Gasteiger charge is 2.21. The van der Waals surface area contributed by atoms with E-state index >= 15 is 0 Å². The number of benzene rings is 1. The molecule has 7 heteroatoms. The van der Waals surface area contributed by atoms with Gasteiger partial charge in [-0.1, -0.05) is 61.2 Å². The second-order valence-electron chi connectivity index (χ2n) is 6.62. The van der Waals surface area contributed by atoms with Gasteiger partial charge in [0, 0.05) is 12.6 Å². The van der Waals surface area contributed by atoms with Crippen LogP contribution in [-0.4, -0.2) is 28.0 Å². The van der Waals surface area contributed by atoms with Crippen molar-refractivity contribution in [1.29, 1.82) is 0 Å². The van der Waals surface area contributed by atoms with Crippen LogP contribution < -0.4 is 10.6 Å². The third-order valence-electron chi connectivity index (χ3n) is 4.50. The molecule has 2 N–H and O–H groups in total. The zero-order valence-corrected chi connectivity index (χ0v) is 14.7. The molecule has 1 saturated carbocycles. The van der Waals surface area contributed by atoms with Gasteiger partial charge in [-0.05, 0) is 18.4 Å². The van der Waals surface area contributed by atoms with Crippen molar-refractivity contribution >= 4 is 11.8 Å². The largest absolute Gasteiger partial charge is 0.352 e. The molecule has 1 aromatic carbocycles. The van der Waals surface area contributed by atoms with E-state index in [0.29, 0.717) is 6.54 Å². The second-order valence-corrected chi connectivity index (χ2v) is 6.62. The lowest BCUT2D eigenvalue weighted by Gasteiger charge is -2.14. The van der Waals surface area contributed by atoms with E-state index in [4.69, 9.17) is 4.52 Å². The number of carbonyl (C=O) groups is 2. The van der Waals surface area contributed by atoms with Gasteiger partial charge >= 0.3 is 11.8 Å². The predicted molar refractivity (Wildman–Crippen MR) is 95.2 cm³/mol. The van der Waals surface area contributed by atoms with Gasteiger partial charge in [0.15, 0.2) is 5.82 Å². The summed E-state index contributed by atoms with van der Waals surface area (Å²) in [5, 5.41) is 9.49. The van der Waals surface area contributed by atoms with Gasteiger partial charge in [-0.2, -0.15) is 4.98 Å². The van der Waals surface area contributed by atoms with Gasteiger partial charge in [0.25, 0.3) is 0 Å². The zero-order valence-electron chi connectivity index (χ0n) is 14.7. The normalized spacial score (nSPS) is 15.2. The van der Waals surface area contributed by atoms with Crippen LogP contribution in [0.25, 0.3) is 0 Å². The van der Waals surface area contributed by atoms with E-state index in [0.717, 1.165) is 31.2 Å². The molecule has 0 atom stereocenters. The molecule has 7 nitrogen and oxygen atoms in total. The number of nitrogens with zero attached hydrogens (tertiary/aromatic N) is 2. The second kappa shape index (κ2) is 9.12. The predicted octanol–water partition coefficient (Wildman–Crippen LogP) is 2.38. The summed E-state index contributed by atoms with van der Waals surface area (Å²) in [4.78, 5) is 28.3. The molecular weight excluding hydrogens is 332 g/mol. The number of aromatic nitrogens is 2. The summed E-state index contributed by atoms with van der Waals surface area (Å²) >= 11 is 0. The van der Waals surface area contributed by atoms with Crippen molar-refractivity contribution in [2.24, 2.45) is 0 Å². The summed E-state index contributed by atoms with van der Waals surface area (Å²) in [6, 6.07) is 9.79. The van der Waals surface area contributed by atoms with Gasteiger partial charge in [0.05, 0.1) is 6.42 Å². The fourth-order valence-electron chi connectivity index (χ4n) is 3.09. The lowest BCUT2D eigenvalue weighted by molar-refractivity contribution is -0.120. The summed E-state index contributed by atoms with van der Waals surface area (Å²) < 4.78 is 5.01. The van der Waals surface area contributed by atoms with Crippen LogP contribution in [0.4, 0.5) is 0 Å². The van der Waals surface area contributed by atoms with E-state index in [1.165, 1.54) is 12.8 Å². The Balaban J connectivity index is 1.47. The zero-order chi connectivity index (χ0) is 18.2. The maximum atomic E-state index is 12.2. The number of nitrogens with one attached hydrogen (secondary N) is 2. The van der Waals surface area contributed by atoms with Crippen molar-refractivity contribution in [3.05, 3.63) is 47.6 Å². The maximum Gasteiger partial charge on any atom is 0.315 e. The molecule has 0 saturated heterocycles. The maximum absolute atomic E-state index is 12.2. The van der Waals surface area contributed by atoms with Gasteiger partial charge in [-0.15, -0.1) is 0 Å². The quantitative estimate of drug-likeness (QED) is 0.775. The summed E-state index contributed by atoms with van der Waals surface area (Å²) in [6.45, 7) is 0.437. The summed E-state index contributed by atoms with van der Waals surface area (Å²) in [5.41, 5.74) is 1.01. The molecule has 0 aliphatic heterocycles. The van der Waals surface area contributed by atoms with Gasteiger partial charge in [0.1, 0.15) is 0 Å². The van der Waals surface area contributed by atoms with Crippen LogP contribution in [0.5, 0.6) is 0 Å². The van der Waals surface area contributed by atoms with Crippen LogP contribution in [0.2, 0.25) is 0 Å². The number of carbonyl (C=O) groups excluding carboxylic acids is 2. The molecule has 0 bridgehead atoms. The molecular formula is C19H24N4O3. The smallest absolute Gasteiger partial charge is 0.315 e. The van der Waals surface area contributed by atoms with Gasteiger partial charge in [-0.3, -0.25) is 9.59 Å². The van der Waals surface area contributed by atoms with Gasteiger partial charge in [0.2, 0.25) is 5.91 Å². The first-order valence-corrected chi connectivity index (χ1v) is 9.15. The van der Waals surface area contributed by atoms with Gasteiger partial charge < -0.3 is 15.2 Å². The summed E-state index contributed by atoms with van der Waals surface area (Å²) in [7, 11) is 0. The highest BCUT2D eigenvalue weighted by molar-refractivity contribution is 5.89. The van der Waals surface area contributed by atoms with Crippen LogP contribution >= 0.6 is 0 Å². The Bertz CT molecular complexity index is 721. The molecule has 1 aromatic heterocycles. The van der Waals surface area contributed by atoms with Crippen molar-refractivity contribution < 1.29 is 14.1 Å². The molecule has 0 spiro atoms. The molecule has 1 aliphatic rings. The van der Waals surface area contributed by atoms with Crippen LogP contribution in [0, 0.1) is 0 Å². The SMILES string of the molecule is O=C(Cc1noc(C(=O)NC2CCCCCC2)n1)NCc1ccccc1. The Morgan fingerprint density at radius 3 is 2.54 bits per heavy atom. The van der Waals surface area contributed by atoms with Crippen molar-refractivity contribution in [3.63, 3.8) is 0 Å². The molecule has 1 aliphatic carbocycles. The topological polar surface area (TPSA) is 97.1 Å². The Hall–Kier alpha value is -2.70. The number of hydrogen-bond acceptors (Lipinski definition) is 5. The van der Waals surface area contributed by atoms with E-state index in [2.05, 4.69) is 20.8 Å². The average Bonchev–Trinajstić information content (AvgIpc) is 2.97. The number of amides is 2. The Morgan fingerprint density at radius 2 is 1.81 bits per heavy atom. The first-order valence-electron chi connectivity index (χ1n) is 9.15. The van der Waals surface area contributed by atoms with E-state index in [1.54, 1.807) is 0 Å². The van der Waals surface area contributed by atoms with Crippen molar-refractivity contribution in [1.82, 2.24) is 20.8 Å². The monoisotopic (exact) mass is 356 g/mol. The Labute approximate surface area is 152 Å². The van der Waals surface area contributed by atoms with E-state index < -0.39 is 0 Å². The molecule has 3 rings (SSSR count). The van der Waals surface area contributed by atoms with Crippen LogP contribution in [0.1, 0.15) is 60.6 Å². The van der Waals surface area contributed by atoms with Crippen molar-refractivity contribution in [2.45, 2.75) is 57.5 Å².